The van der Waals surface area contributed by atoms with Crippen LogP contribution in [-0.4, -0.2) is 9.38 Å². The van der Waals surface area contributed by atoms with E-state index in [1.54, 1.807) is 6.07 Å². The molecule has 0 aliphatic rings. The van der Waals surface area contributed by atoms with E-state index >= 15 is 0 Å². The van der Waals surface area contributed by atoms with Crippen molar-refractivity contribution >= 4 is 29.7 Å². The van der Waals surface area contributed by atoms with E-state index in [2.05, 4.69) is 10.3 Å². The lowest BCUT2D eigenvalue weighted by Crippen LogP contribution is -2.15. The molecule has 0 unspecified atom stereocenters. The van der Waals surface area contributed by atoms with E-state index in [9.17, 15) is 13.2 Å². The number of benzene rings is 1. The molecule has 3 rings (SSSR count). The van der Waals surface area contributed by atoms with E-state index < -0.39 is 11.7 Å². The normalized spacial score (nSPS) is 11.5. The van der Waals surface area contributed by atoms with Crippen LogP contribution in [0.5, 0.6) is 0 Å². The highest BCUT2D eigenvalue weighted by atomic mass is 35.5. The first-order valence-electron chi connectivity index (χ1n) is 6.93. The maximum Gasteiger partial charge on any atom is 0.416 e. The summed E-state index contributed by atoms with van der Waals surface area (Å²) in [6.07, 6.45) is -2.49. The highest BCUT2D eigenvalue weighted by Crippen LogP contribution is 2.29. The Morgan fingerprint density at radius 2 is 1.88 bits per heavy atom. The first kappa shape index (κ1) is 18.6. The molecule has 1 N–H and O–H groups in total. The maximum atomic E-state index is 12.7. The van der Waals surface area contributed by atoms with Gasteiger partial charge in [0.15, 0.2) is 5.15 Å². The summed E-state index contributed by atoms with van der Waals surface area (Å²) < 4.78 is 39.9. The Labute approximate surface area is 147 Å². The molecule has 3 nitrogen and oxygen atoms in total. The predicted octanol–water partition coefficient (Wildman–Crippen LogP) is 4.72. The van der Waals surface area contributed by atoms with Crippen molar-refractivity contribution in [2.45, 2.75) is 19.3 Å². The van der Waals surface area contributed by atoms with Crippen molar-refractivity contribution in [3.05, 3.63) is 70.6 Å². The van der Waals surface area contributed by atoms with E-state index in [1.807, 2.05) is 28.8 Å². The molecule has 2 aromatic heterocycles. The number of nitrogens with one attached hydrogen (secondary N) is 1. The summed E-state index contributed by atoms with van der Waals surface area (Å²) >= 11 is 6.11. The monoisotopic (exact) mass is 375 g/mol. The number of pyridine rings is 1. The topological polar surface area (TPSA) is 29.3 Å². The number of hydrogen-bond donors (Lipinski definition) is 1. The van der Waals surface area contributed by atoms with Crippen LogP contribution in [0.25, 0.3) is 5.65 Å². The van der Waals surface area contributed by atoms with Gasteiger partial charge in [-0.05, 0) is 23.8 Å². The van der Waals surface area contributed by atoms with Crippen molar-refractivity contribution in [2.24, 2.45) is 0 Å². The first-order valence-corrected chi connectivity index (χ1v) is 7.31. The van der Waals surface area contributed by atoms with Crippen LogP contribution in [0.2, 0.25) is 5.15 Å². The quantitative estimate of drug-likeness (QED) is 0.714. The second-order valence-corrected chi connectivity index (χ2v) is 5.44. The fourth-order valence-corrected chi connectivity index (χ4v) is 2.60. The van der Waals surface area contributed by atoms with Gasteiger partial charge in [0.2, 0.25) is 0 Å². The van der Waals surface area contributed by atoms with Gasteiger partial charge in [-0.15, -0.1) is 12.4 Å². The molecular weight excluding hydrogens is 362 g/mol. The van der Waals surface area contributed by atoms with Crippen molar-refractivity contribution in [3.63, 3.8) is 0 Å². The van der Waals surface area contributed by atoms with Crippen LogP contribution in [0.4, 0.5) is 13.2 Å². The number of rotatable bonds is 4. The number of imidazole rings is 1. The van der Waals surface area contributed by atoms with Crippen LogP contribution in [0.15, 0.2) is 48.7 Å². The average Bonchev–Trinajstić information content (AvgIpc) is 2.83. The van der Waals surface area contributed by atoms with Crippen molar-refractivity contribution in [1.82, 2.24) is 14.7 Å². The van der Waals surface area contributed by atoms with Gasteiger partial charge in [-0.3, -0.25) is 0 Å². The van der Waals surface area contributed by atoms with E-state index in [0.29, 0.717) is 23.8 Å². The summed E-state index contributed by atoms with van der Waals surface area (Å²) in [6, 6.07) is 10.8. The summed E-state index contributed by atoms with van der Waals surface area (Å²) in [4.78, 5) is 4.22. The van der Waals surface area contributed by atoms with Gasteiger partial charge < -0.3 is 9.72 Å². The van der Waals surface area contributed by atoms with Gasteiger partial charge in [0, 0.05) is 19.3 Å². The second kappa shape index (κ2) is 7.42. The molecule has 1 aromatic carbocycles. The Morgan fingerprint density at radius 1 is 1.08 bits per heavy atom. The summed E-state index contributed by atoms with van der Waals surface area (Å²) in [5.41, 5.74) is 1.41. The van der Waals surface area contributed by atoms with Crippen molar-refractivity contribution < 1.29 is 13.2 Å². The number of fused-ring (bicyclic) bond motifs is 1. The van der Waals surface area contributed by atoms with Crippen LogP contribution >= 0.6 is 24.0 Å². The zero-order chi connectivity index (χ0) is 16.4. The lowest BCUT2D eigenvalue weighted by atomic mass is 10.1. The molecule has 0 atom stereocenters. The molecule has 0 amide bonds. The molecule has 3 aromatic rings. The van der Waals surface area contributed by atoms with Gasteiger partial charge >= 0.3 is 6.18 Å². The summed E-state index contributed by atoms with van der Waals surface area (Å²) in [6.45, 7) is 0.709. The van der Waals surface area contributed by atoms with Crippen LogP contribution in [0, 0.1) is 0 Å². The maximum absolute atomic E-state index is 12.7. The van der Waals surface area contributed by atoms with Gasteiger partial charge in [-0.2, -0.15) is 13.2 Å². The standard InChI is InChI=1S/C16H13ClF3N3.ClH/c17-15-13(23-7-2-1-6-14(23)22-15)10-21-9-11-4-3-5-12(8-11)16(18,19)20;/h1-8,21H,9-10H2;1H. The van der Waals surface area contributed by atoms with Crippen molar-refractivity contribution in [3.8, 4) is 0 Å². The molecule has 128 valence electrons. The van der Waals surface area contributed by atoms with E-state index in [0.717, 1.165) is 23.5 Å². The number of alkyl halides is 3. The van der Waals surface area contributed by atoms with Crippen molar-refractivity contribution in [1.29, 1.82) is 0 Å². The fourth-order valence-electron chi connectivity index (χ4n) is 2.36. The lowest BCUT2D eigenvalue weighted by molar-refractivity contribution is -0.137. The molecule has 2 heterocycles. The predicted molar refractivity (Wildman–Crippen MR) is 89.4 cm³/mol. The molecule has 8 heteroatoms. The molecule has 0 bridgehead atoms. The van der Waals surface area contributed by atoms with Gasteiger partial charge in [0.25, 0.3) is 0 Å². The molecule has 24 heavy (non-hydrogen) atoms. The van der Waals surface area contributed by atoms with E-state index in [4.69, 9.17) is 11.6 Å². The van der Waals surface area contributed by atoms with Gasteiger partial charge in [-0.25, -0.2) is 4.98 Å². The smallest absolute Gasteiger partial charge is 0.307 e. The minimum absolute atomic E-state index is 0. The molecule has 0 saturated carbocycles. The average molecular weight is 376 g/mol. The summed E-state index contributed by atoms with van der Waals surface area (Å²) in [5.74, 6) is 0. The van der Waals surface area contributed by atoms with Crippen molar-refractivity contribution in [2.75, 3.05) is 0 Å². The van der Waals surface area contributed by atoms with Crippen LogP contribution in [0.3, 0.4) is 0 Å². The zero-order valence-corrected chi connectivity index (χ0v) is 13.9. The summed E-state index contributed by atoms with van der Waals surface area (Å²) in [5, 5.41) is 3.49. The third-order valence-corrected chi connectivity index (χ3v) is 3.76. The Bertz CT molecular complexity index is 831. The Morgan fingerprint density at radius 3 is 2.62 bits per heavy atom. The molecule has 0 aliphatic heterocycles. The minimum atomic E-state index is -4.33. The Hall–Kier alpha value is -1.76. The highest BCUT2D eigenvalue weighted by Gasteiger charge is 2.30. The Kier molecular flexibility index (Phi) is 5.74. The lowest BCUT2D eigenvalue weighted by Gasteiger charge is -2.09. The molecule has 0 saturated heterocycles. The fraction of sp³-hybridized carbons (Fsp3) is 0.188. The third-order valence-electron chi connectivity index (χ3n) is 3.46. The molecule has 0 aliphatic carbocycles. The van der Waals surface area contributed by atoms with Crippen LogP contribution < -0.4 is 5.32 Å². The first-order chi connectivity index (χ1) is 10.9. The van der Waals surface area contributed by atoms with Gasteiger partial charge in [-0.1, -0.05) is 35.9 Å². The summed E-state index contributed by atoms with van der Waals surface area (Å²) in [7, 11) is 0. The highest BCUT2D eigenvalue weighted by molar-refractivity contribution is 6.30. The largest absolute Gasteiger partial charge is 0.416 e. The SMILES string of the molecule is Cl.FC(F)(F)c1cccc(CNCc2c(Cl)nc3ccccn23)c1. The number of halogens is 5. The number of aromatic nitrogens is 2. The molecule has 0 radical (unpaired) electrons. The van der Waals surface area contributed by atoms with Crippen LogP contribution in [-0.2, 0) is 19.3 Å². The number of hydrogen-bond acceptors (Lipinski definition) is 2. The molecular formula is C16H14Cl2F3N3. The molecule has 0 spiro atoms. The second-order valence-electron chi connectivity index (χ2n) is 5.08. The Balaban J connectivity index is 0.00000208. The zero-order valence-electron chi connectivity index (χ0n) is 12.3. The third kappa shape index (κ3) is 4.01. The van der Waals surface area contributed by atoms with Crippen LogP contribution in [0.1, 0.15) is 16.8 Å². The van der Waals surface area contributed by atoms with E-state index in [1.165, 1.54) is 6.07 Å². The number of nitrogens with zero attached hydrogens (tertiary/aromatic N) is 2. The van der Waals surface area contributed by atoms with Gasteiger partial charge in [0.05, 0.1) is 11.3 Å². The van der Waals surface area contributed by atoms with E-state index in [-0.39, 0.29) is 12.4 Å². The minimum Gasteiger partial charge on any atom is -0.307 e. The van der Waals surface area contributed by atoms with Gasteiger partial charge in [0.1, 0.15) is 5.65 Å². The molecule has 0 fully saturated rings.